The van der Waals surface area contributed by atoms with Crippen LogP contribution in [-0.2, 0) is 13.8 Å². The average molecular weight is 367 g/mol. The molecule has 0 aromatic rings. The van der Waals surface area contributed by atoms with Crippen LogP contribution >= 0.6 is 31.4 Å². The Bertz CT molecular complexity index is 333. The monoisotopic (exact) mass is 366 g/mol. The van der Waals surface area contributed by atoms with Crippen LogP contribution in [0.3, 0.4) is 0 Å². The molecule has 1 radical (unpaired) electrons. The second-order valence-electron chi connectivity index (χ2n) is 4.37. The summed E-state index contributed by atoms with van der Waals surface area (Å²) in [6.07, 6.45) is -7.25. The Balaban J connectivity index is 2.68. The van der Waals surface area contributed by atoms with Crippen molar-refractivity contribution in [3.8, 4) is 0 Å². The van der Waals surface area contributed by atoms with Gasteiger partial charge in [0.1, 0.15) is 24.4 Å². The quantitative estimate of drug-likeness (QED) is 0.327. The molecule has 1 aliphatic rings. The Hall–Kier alpha value is 0.400. The standard InChI is InChI=1S/C10H19Cl2NO7P/c11-1-3-13(4-2-12)21(18)20-10-9(17)8(16)7(15)6(5-14)19-10/h6-10,14-17H,1-5H2/t6-,7-,8+,9+,10-/m1/s1. The predicted molar refractivity (Wildman–Crippen MR) is 75.5 cm³/mol. The number of hydrogen-bond donors (Lipinski definition) is 4. The maximum atomic E-state index is 12.1. The fraction of sp³-hybridized carbons (Fsp3) is 1.00. The van der Waals surface area contributed by atoms with Crippen LogP contribution in [0.25, 0.3) is 0 Å². The van der Waals surface area contributed by atoms with Crippen LogP contribution < -0.4 is 0 Å². The van der Waals surface area contributed by atoms with Gasteiger partial charge in [-0.1, -0.05) is 0 Å². The van der Waals surface area contributed by atoms with E-state index < -0.39 is 45.5 Å². The van der Waals surface area contributed by atoms with Gasteiger partial charge in [0.2, 0.25) is 0 Å². The smallest absolute Gasteiger partial charge is 0.300 e. The fourth-order valence-corrected chi connectivity index (χ4v) is 3.44. The molecule has 1 fully saturated rings. The minimum Gasteiger partial charge on any atom is -0.394 e. The van der Waals surface area contributed by atoms with Crippen LogP contribution in [0.4, 0.5) is 0 Å². The van der Waals surface area contributed by atoms with E-state index in [1.165, 1.54) is 4.67 Å². The number of nitrogens with zero attached hydrogens (tertiary/aromatic N) is 1. The van der Waals surface area contributed by atoms with Crippen molar-refractivity contribution in [3.05, 3.63) is 0 Å². The van der Waals surface area contributed by atoms with Gasteiger partial charge in [0, 0.05) is 24.8 Å². The predicted octanol–water partition coefficient (Wildman–Crippen LogP) is -0.760. The molecule has 0 aromatic heterocycles. The van der Waals surface area contributed by atoms with Crippen molar-refractivity contribution in [2.75, 3.05) is 31.5 Å². The largest absolute Gasteiger partial charge is 0.394 e. The van der Waals surface area contributed by atoms with E-state index in [2.05, 4.69) is 0 Å². The van der Waals surface area contributed by atoms with Crippen LogP contribution in [0.5, 0.6) is 0 Å². The first-order chi connectivity index (χ1) is 9.96. The van der Waals surface area contributed by atoms with Crippen molar-refractivity contribution < 1.29 is 34.3 Å². The third-order valence-corrected chi connectivity index (χ3v) is 4.55. The molecule has 1 unspecified atom stereocenters. The molecule has 6 atom stereocenters. The molecule has 0 spiro atoms. The van der Waals surface area contributed by atoms with E-state index >= 15 is 0 Å². The zero-order valence-corrected chi connectivity index (χ0v) is 13.5. The molecule has 0 aliphatic carbocycles. The van der Waals surface area contributed by atoms with Crippen LogP contribution in [0.2, 0.25) is 0 Å². The lowest BCUT2D eigenvalue weighted by molar-refractivity contribution is -0.277. The summed E-state index contributed by atoms with van der Waals surface area (Å²) in [5.41, 5.74) is 0. The summed E-state index contributed by atoms with van der Waals surface area (Å²) >= 11 is 11.2. The fourth-order valence-electron chi connectivity index (χ4n) is 1.78. The highest BCUT2D eigenvalue weighted by molar-refractivity contribution is 7.36. The summed E-state index contributed by atoms with van der Waals surface area (Å²) < 4.78 is 23.6. The number of ether oxygens (including phenoxy) is 1. The molecule has 1 aliphatic heterocycles. The highest BCUT2D eigenvalue weighted by atomic mass is 35.5. The van der Waals surface area contributed by atoms with E-state index in [0.717, 1.165) is 0 Å². The molecule has 0 saturated carbocycles. The zero-order valence-electron chi connectivity index (χ0n) is 11.1. The van der Waals surface area contributed by atoms with E-state index in [9.17, 15) is 19.9 Å². The lowest BCUT2D eigenvalue weighted by Gasteiger charge is -2.39. The van der Waals surface area contributed by atoms with Gasteiger partial charge in [0.25, 0.3) is 8.18 Å². The average Bonchev–Trinajstić information content (AvgIpc) is 2.47. The lowest BCUT2D eigenvalue weighted by atomic mass is 10.00. The van der Waals surface area contributed by atoms with Gasteiger partial charge in [0.05, 0.1) is 6.61 Å². The highest BCUT2D eigenvalue weighted by Gasteiger charge is 2.45. The molecular weight excluding hydrogens is 348 g/mol. The van der Waals surface area contributed by atoms with Crippen molar-refractivity contribution in [2.45, 2.75) is 30.7 Å². The Morgan fingerprint density at radius 2 is 1.67 bits per heavy atom. The zero-order chi connectivity index (χ0) is 16.0. The Morgan fingerprint density at radius 1 is 1.10 bits per heavy atom. The normalized spacial score (nSPS) is 34.2. The summed E-state index contributed by atoms with van der Waals surface area (Å²) in [6.45, 7) is -0.0868. The molecule has 0 bridgehead atoms. The number of aliphatic hydroxyl groups excluding tert-OH is 4. The number of rotatable bonds is 8. The van der Waals surface area contributed by atoms with Crippen LogP contribution in [0, 0.1) is 0 Å². The molecule has 1 rings (SSSR count). The summed E-state index contributed by atoms with van der Waals surface area (Å²) in [7, 11) is -2.41. The van der Waals surface area contributed by atoms with Gasteiger partial charge in [-0.15, -0.1) is 23.2 Å². The highest BCUT2D eigenvalue weighted by Crippen LogP contribution is 2.34. The van der Waals surface area contributed by atoms with Crippen molar-refractivity contribution >= 4 is 31.4 Å². The first-order valence-electron chi connectivity index (χ1n) is 6.27. The summed E-state index contributed by atoms with van der Waals surface area (Å²) in [6, 6.07) is 0. The number of alkyl halides is 2. The Morgan fingerprint density at radius 3 is 2.14 bits per heavy atom. The minimum atomic E-state index is -2.41. The Labute approximate surface area is 133 Å². The molecule has 21 heavy (non-hydrogen) atoms. The van der Waals surface area contributed by atoms with Gasteiger partial charge < -0.3 is 25.2 Å². The Kier molecular flexibility index (Phi) is 8.82. The third kappa shape index (κ3) is 5.21. The number of hydrogen-bond acceptors (Lipinski definition) is 7. The van der Waals surface area contributed by atoms with Crippen LogP contribution in [0.1, 0.15) is 0 Å². The molecule has 11 heteroatoms. The van der Waals surface area contributed by atoms with E-state index in [1.807, 2.05) is 0 Å². The van der Waals surface area contributed by atoms with Gasteiger partial charge in [-0.2, -0.15) is 0 Å². The second kappa shape index (κ2) is 9.52. The second-order valence-corrected chi connectivity index (χ2v) is 6.38. The maximum absolute atomic E-state index is 12.1. The third-order valence-electron chi connectivity index (χ3n) is 2.96. The summed E-state index contributed by atoms with van der Waals surface area (Å²) in [5.74, 6) is 0.409. The van der Waals surface area contributed by atoms with E-state index in [1.54, 1.807) is 0 Å². The van der Waals surface area contributed by atoms with Gasteiger partial charge >= 0.3 is 0 Å². The molecule has 4 N–H and O–H groups in total. The van der Waals surface area contributed by atoms with Crippen molar-refractivity contribution in [3.63, 3.8) is 0 Å². The van der Waals surface area contributed by atoms with E-state index in [-0.39, 0.29) is 24.8 Å². The van der Waals surface area contributed by atoms with Crippen molar-refractivity contribution in [1.29, 1.82) is 0 Å². The molecular formula is C10H19Cl2NO7P. The first kappa shape index (κ1) is 19.4. The van der Waals surface area contributed by atoms with Gasteiger partial charge in [0.15, 0.2) is 6.29 Å². The molecule has 0 amide bonds. The molecule has 1 heterocycles. The maximum Gasteiger partial charge on any atom is 0.300 e. The van der Waals surface area contributed by atoms with Gasteiger partial charge in [-0.05, 0) is 0 Å². The SMILES string of the molecule is O=[P](O[C@H]1O[C@H](CO)[C@@H](O)[C@H](O)[C@@H]1O)N(CCCl)CCCl. The van der Waals surface area contributed by atoms with Crippen LogP contribution in [-0.4, -0.2) is 87.3 Å². The van der Waals surface area contributed by atoms with E-state index in [4.69, 9.17) is 37.6 Å². The lowest BCUT2D eigenvalue weighted by Crippen LogP contribution is -2.58. The summed E-state index contributed by atoms with van der Waals surface area (Å²) in [5, 5.41) is 38.0. The number of aliphatic hydroxyl groups is 4. The number of halogens is 2. The van der Waals surface area contributed by atoms with Gasteiger partial charge in [-0.25, -0.2) is 9.24 Å². The molecule has 1 saturated heterocycles. The topological polar surface area (TPSA) is 120 Å². The van der Waals surface area contributed by atoms with Gasteiger partial charge in [-0.3, -0.25) is 4.52 Å². The minimum absolute atomic E-state index is 0.204. The van der Waals surface area contributed by atoms with Crippen LogP contribution in [0.15, 0.2) is 0 Å². The molecule has 8 nitrogen and oxygen atoms in total. The molecule has 125 valence electrons. The van der Waals surface area contributed by atoms with E-state index in [0.29, 0.717) is 0 Å². The van der Waals surface area contributed by atoms with Crippen molar-refractivity contribution in [2.24, 2.45) is 0 Å². The summed E-state index contributed by atoms with van der Waals surface area (Å²) in [4.78, 5) is 0. The van der Waals surface area contributed by atoms with Crippen molar-refractivity contribution in [1.82, 2.24) is 4.67 Å². The molecule has 0 aromatic carbocycles. The first-order valence-corrected chi connectivity index (χ1v) is 8.47.